The quantitative estimate of drug-likeness (QED) is 0.775. The number of thioether (sulfide) groups is 1. The summed E-state index contributed by atoms with van der Waals surface area (Å²) in [6, 6.07) is 9.86. The standard InChI is InChI=1S/C22H27N3O2S/c1-15(22(27)25-12-6-2-3-7-13-25)28-20-14-18(21(26)23-16-10-11-16)17-8-4-5-9-19(17)24-20/h4-5,8-9,14-16H,2-3,6-7,10-13H2,1H3,(H,23,26). The minimum Gasteiger partial charge on any atom is -0.349 e. The normalized spacial score (nSPS) is 18.5. The first-order valence-corrected chi connectivity index (χ1v) is 11.2. The van der Waals surface area contributed by atoms with Gasteiger partial charge in [-0.2, -0.15) is 0 Å². The maximum Gasteiger partial charge on any atom is 0.252 e. The third-order valence-corrected chi connectivity index (χ3v) is 6.42. The van der Waals surface area contributed by atoms with Gasteiger partial charge < -0.3 is 10.2 Å². The SMILES string of the molecule is CC(Sc1cc(C(=O)NC2CC2)c2ccccc2n1)C(=O)N1CCCCCC1. The number of nitrogens with zero attached hydrogens (tertiary/aromatic N) is 2. The van der Waals surface area contributed by atoms with E-state index in [0.29, 0.717) is 11.6 Å². The van der Waals surface area contributed by atoms with E-state index in [2.05, 4.69) is 5.32 Å². The number of carbonyl (C=O) groups is 2. The fourth-order valence-corrected chi connectivity index (χ4v) is 4.62. The van der Waals surface area contributed by atoms with Crippen molar-refractivity contribution >= 4 is 34.5 Å². The molecule has 1 unspecified atom stereocenters. The molecule has 28 heavy (non-hydrogen) atoms. The number of fused-ring (bicyclic) bond motifs is 1. The number of carbonyl (C=O) groups excluding carboxylic acids is 2. The van der Waals surface area contributed by atoms with Crippen molar-refractivity contribution in [1.82, 2.24) is 15.2 Å². The van der Waals surface area contributed by atoms with E-state index in [1.54, 1.807) is 0 Å². The van der Waals surface area contributed by atoms with Gasteiger partial charge in [0.1, 0.15) is 0 Å². The number of aromatic nitrogens is 1. The van der Waals surface area contributed by atoms with E-state index in [-0.39, 0.29) is 17.1 Å². The highest BCUT2D eigenvalue weighted by Crippen LogP contribution is 2.29. The van der Waals surface area contributed by atoms with Crippen LogP contribution in [0.4, 0.5) is 0 Å². The zero-order valence-corrected chi connectivity index (χ0v) is 17.1. The van der Waals surface area contributed by atoms with Gasteiger partial charge in [-0.25, -0.2) is 4.98 Å². The van der Waals surface area contributed by atoms with Crippen molar-refractivity contribution in [3.05, 3.63) is 35.9 Å². The molecule has 0 bridgehead atoms. The van der Waals surface area contributed by atoms with E-state index < -0.39 is 0 Å². The molecule has 1 N–H and O–H groups in total. The first kappa shape index (κ1) is 19.2. The van der Waals surface area contributed by atoms with E-state index in [1.165, 1.54) is 24.6 Å². The predicted octanol–water partition coefficient (Wildman–Crippen LogP) is 4.01. The number of hydrogen-bond donors (Lipinski definition) is 1. The molecular weight excluding hydrogens is 370 g/mol. The number of amides is 2. The highest BCUT2D eigenvalue weighted by molar-refractivity contribution is 8.00. The van der Waals surface area contributed by atoms with Crippen molar-refractivity contribution in [2.75, 3.05) is 13.1 Å². The van der Waals surface area contributed by atoms with Gasteiger partial charge in [0, 0.05) is 24.5 Å². The van der Waals surface area contributed by atoms with Crippen molar-refractivity contribution in [3.63, 3.8) is 0 Å². The van der Waals surface area contributed by atoms with E-state index in [0.717, 1.165) is 54.7 Å². The lowest BCUT2D eigenvalue weighted by Gasteiger charge is -2.23. The van der Waals surface area contributed by atoms with E-state index in [4.69, 9.17) is 4.98 Å². The first-order chi connectivity index (χ1) is 13.6. The molecule has 1 aromatic heterocycles. The molecule has 5 nitrogen and oxygen atoms in total. The summed E-state index contributed by atoms with van der Waals surface area (Å²) >= 11 is 1.45. The summed E-state index contributed by atoms with van der Waals surface area (Å²) in [6.45, 7) is 3.65. The maximum atomic E-state index is 12.9. The van der Waals surface area contributed by atoms with Gasteiger partial charge in [0.2, 0.25) is 5.91 Å². The second-order valence-electron chi connectivity index (χ2n) is 7.77. The molecule has 1 atom stereocenters. The van der Waals surface area contributed by atoms with Crippen LogP contribution in [0.1, 0.15) is 55.8 Å². The lowest BCUT2D eigenvalue weighted by molar-refractivity contribution is -0.130. The number of hydrogen-bond acceptors (Lipinski definition) is 4. The van der Waals surface area contributed by atoms with Crippen molar-refractivity contribution in [1.29, 1.82) is 0 Å². The number of pyridine rings is 1. The minimum atomic E-state index is -0.217. The lowest BCUT2D eigenvalue weighted by Crippen LogP contribution is -2.37. The molecule has 2 fully saturated rings. The fraction of sp³-hybridized carbons (Fsp3) is 0.500. The summed E-state index contributed by atoms with van der Waals surface area (Å²) in [4.78, 5) is 32.3. The summed E-state index contributed by atoms with van der Waals surface area (Å²) in [5, 5.41) is 4.45. The molecule has 2 heterocycles. The molecule has 1 aliphatic carbocycles. The number of para-hydroxylation sites is 1. The van der Waals surface area contributed by atoms with Gasteiger partial charge in [0.05, 0.1) is 21.4 Å². The predicted molar refractivity (Wildman–Crippen MR) is 113 cm³/mol. The van der Waals surface area contributed by atoms with E-state index >= 15 is 0 Å². The van der Waals surface area contributed by atoms with Crippen LogP contribution in [0.2, 0.25) is 0 Å². The van der Waals surface area contributed by atoms with Crippen LogP contribution < -0.4 is 5.32 Å². The molecule has 1 aliphatic heterocycles. The number of rotatable bonds is 5. The van der Waals surface area contributed by atoms with Gasteiger partial charge in [-0.05, 0) is 44.7 Å². The smallest absolute Gasteiger partial charge is 0.252 e. The average Bonchev–Trinajstić information content (AvgIpc) is 3.53. The van der Waals surface area contributed by atoms with Crippen LogP contribution in [-0.2, 0) is 4.79 Å². The van der Waals surface area contributed by atoms with Gasteiger partial charge >= 0.3 is 0 Å². The maximum absolute atomic E-state index is 12.9. The molecule has 1 saturated heterocycles. The molecule has 1 aromatic carbocycles. The van der Waals surface area contributed by atoms with Crippen molar-refractivity contribution in [3.8, 4) is 0 Å². The van der Waals surface area contributed by atoms with Crippen LogP contribution in [0.3, 0.4) is 0 Å². The van der Waals surface area contributed by atoms with Crippen LogP contribution in [0, 0.1) is 0 Å². The minimum absolute atomic E-state index is 0.0468. The van der Waals surface area contributed by atoms with Crippen LogP contribution in [-0.4, -0.2) is 46.1 Å². The largest absolute Gasteiger partial charge is 0.349 e. The highest BCUT2D eigenvalue weighted by atomic mass is 32.2. The van der Waals surface area contributed by atoms with Crippen LogP contribution >= 0.6 is 11.8 Å². The molecule has 6 heteroatoms. The van der Waals surface area contributed by atoms with Gasteiger partial charge in [0.15, 0.2) is 0 Å². The Morgan fingerprint density at radius 1 is 1.14 bits per heavy atom. The molecule has 2 aliphatic rings. The Morgan fingerprint density at radius 2 is 1.86 bits per heavy atom. The van der Waals surface area contributed by atoms with Gasteiger partial charge in [0.25, 0.3) is 5.91 Å². The van der Waals surface area contributed by atoms with Crippen molar-refractivity contribution in [2.45, 2.75) is 61.8 Å². The summed E-state index contributed by atoms with van der Waals surface area (Å²) in [6.07, 6.45) is 6.69. The third kappa shape index (κ3) is 4.49. The van der Waals surface area contributed by atoms with E-state index in [9.17, 15) is 9.59 Å². The Balaban J connectivity index is 1.55. The summed E-state index contributed by atoms with van der Waals surface area (Å²) in [5.74, 6) is 0.125. The van der Waals surface area contributed by atoms with Gasteiger partial charge in [-0.3, -0.25) is 9.59 Å². The summed E-state index contributed by atoms with van der Waals surface area (Å²) in [7, 11) is 0. The molecule has 0 radical (unpaired) electrons. The van der Waals surface area contributed by atoms with Crippen LogP contribution in [0.15, 0.2) is 35.4 Å². The fourth-order valence-electron chi connectivity index (χ4n) is 3.67. The zero-order valence-electron chi connectivity index (χ0n) is 16.3. The zero-order chi connectivity index (χ0) is 19.5. The highest BCUT2D eigenvalue weighted by Gasteiger charge is 2.26. The lowest BCUT2D eigenvalue weighted by atomic mass is 10.1. The molecule has 0 spiro atoms. The third-order valence-electron chi connectivity index (χ3n) is 5.41. The summed E-state index contributed by atoms with van der Waals surface area (Å²) in [5.41, 5.74) is 1.44. The Morgan fingerprint density at radius 3 is 2.57 bits per heavy atom. The number of likely N-dealkylation sites (tertiary alicyclic amines) is 1. The molecule has 148 valence electrons. The molecule has 2 aromatic rings. The monoisotopic (exact) mass is 397 g/mol. The molecular formula is C22H27N3O2S. The Hall–Kier alpha value is -2.08. The Bertz CT molecular complexity index is 873. The van der Waals surface area contributed by atoms with Gasteiger partial charge in [-0.15, -0.1) is 0 Å². The van der Waals surface area contributed by atoms with Gasteiger partial charge in [-0.1, -0.05) is 42.8 Å². The van der Waals surface area contributed by atoms with Crippen molar-refractivity contribution in [2.24, 2.45) is 0 Å². The summed E-state index contributed by atoms with van der Waals surface area (Å²) < 4.78 is 0. The van der Waals surface area contributed by atoms with Crippen LogP contribution in [0.5, 0.6) is 0 Å². The van der Waals surface area contributed by atoms with E-state index in [1.807, 2.05) is 42.2 Å². The second kappa shape index (κ2) is 8.52. The van der Waals surface area contributed by atoms with Crippen molar-refractivity contribution < 1.29 is 9.59 Å². The average molecular weight is 398 g/mol. The first-order valence-electron chi connectivity index (χ1n) is 10.3. The molecule has 2 amide bonds. The van der Waals surface area contributed by atoms with Crippen LogP contribution in [0.25, 0.3) is 10.9 Å². The number of benzene rings is 1. The molecule has 4 rings (SSSR count). The number of nitrogens with one attached hydrogen (secondary N) is 1. The topological polar surface area (TPSA) is 62.3 Å². The Kier molecular flexibility index (Phi) is 5.85. The Labute approximate surface area is 170 Å². The second-order valence-corrected chi connectivity index (χ2v) is 9.13. The molecule has 1 saturated carbocycles.